The Morgan fingerprint density at radius 3 is 2.48 bits per heavy atom. The van der Waals surface area contributed by atoms with Crippen molar-refractivity contribution in [1.29, 1.82) is 0 Å². The van der Waals surface area contributed by atoms with Crippen molar-refractivity contribution in [2.75, 3.05) is 19.8 Å². The molecular weight excluding hydrogens is 328 g/mol. The highest BCUT2D eigenvalue weighted by atomic mass is 32.2. The van der Waals surface area contributed by atoms with Crippen LogP contribution in [0.3, 0.4) is 0 Å². The first-order chi connectivity index (χ1) is 10.7. The van der Waals surface area contributed by atoms with Crippen molar-refractivity contribution in [1.82, 2.24) is 0 Å². The molecule has 0 spiro atoms. The summed E-state index contributed by atoms with van der Waals surface area (Å²) in [6.07, 6.45) is -0.135. The van der Waals surface area contributed by atoms with Crippen LogP contribution in [-0.2, 0) is 38.1 Å². The van der Waals surface area contributed by atoms with Crippen LogP contribution in [0.15, 0.2) is 0 Å². The molecular formula is C14H22O8S. The van der Waals surface area contributed by atoms with Gasteiger partial charge in [0.15, 0.2) is 0 Å². The third-order valence-corrected chi connectivity index (χ3v) is 5.97. The predicted octanol–water partition coefficient (Wildman–Crippen LogP) is 0.395. The first-order valence-electron chi connectivity index (χ1n) is 7.52. The first-order valence-corrected chi connectivity index (χ1v) is 8.99. The Hall–Kier alpha value is -1.19. The number of hydrogen-bond donors (Lipinski definition) is 0. The fourth-order valence-electron chi connectivity index (χ4n) is 3.15. The van der Waals surface area contributed by atoms with E-state index in [1.165, 1.54) is 13.8 Å². The molecule has 2 rings (SSSR count). The summed E-state index contributed by atoms with van der Waals surface area (Å²) in [7, 11) is -3.84. The van der Waals surface area contributed by atoms with Crippen molar-refractivity contribution >= 4 is 22.1 Å². The van der Waals surface area contributed by atoms with E-state index in [1.807, 2.05) is 6.92 Å². The molecule has 2 heterocycles. The Morgan fingerprint density at radius 2 is 1.87 bits per heavy atom. The predicted molar refractivity (Wildman–Crippen MR) is 77.9 cm³/mol. The average Bonchev–Trinajstić information content (AvgIpc) is 2.85. The van der Waals surface area contributed by atoms with Crippen molar-refractivity contribution in [2.24, 2.45) is 5.92 Å². The first kappa shape index (κ1) is 18.2. The van der Waals surface area contributed by atoms with Crippen LogP contribution < -0.4 is 0 Å². The van der Waals surface area contributed by atoms with Gasteiger partial charge in [0.1, 0.15) is 23.6 Å². The number of hydrogen-bond acceptors (Lipinski definition) is 8. The average molecular weight is 350 g/mol. The molecule has 0 aliphatic carbocycles. The normalized spacial score (nSPS) is 34.8. The molecule has 0 aromatic carbocycles. The van der Waals surface area contributed by atoms with Crippen molar-refractivity contribution in [3.63, 3.8) is 0 Å². The van der Waals surface area contributed by atoms with Crippen LogP contribution in [0.1, 0.15) is 33.6 Å². The topological polar surface area (TPSA) is 105 Å². The van der Waals surface area contributed by atoms with Gasteiger partial charge < -0.3 is 14.2 Å². The van der Waals surface area contributed by atoms with Crippen LogP contribution in [0.2, 0.25) is 0 Å². The maximum absolute atomic E-state index is 12.3. The molecule has 23 heavy (non-hydrogen) atoms. The van der Waals surface area contributed by atoms with E-state index in [1.54, 1.807) is 0 Å². The molecule has 0 aromatic rings. The van der Waals surface area contributed by atoms with E-state index in [-0.39, 0.29) is 25.6 Å². The molecule has 0 radical (unpaired) electrons. The van der Waals surface area contributed by atoms with E-state index in [0.717, 1.165) is 0 Å². The number of rotatable bonds is 6. The highest BCUT2D eigenvalue weighted by Crippen LogP contribution is 2.47. The largest absolute Gasteiger partial charge is 0.466 e. The summed E-state index contributed by atoms with van der Waals surface area (Å²) < 4.78 is 45.6. The fraction of sp³-hybridized carbons (Fsp3) is 0.857. The number of fused-ring (bicyclic) bond motifs is 1. The quantitative estimate of drug-likeness (QED) is 0.385. The summed E-state index contributed by atoms with van der Waals surface area (Å²) in [5.41, 5.74) is -1.19. The summed E-state index contributed by atoms with van der Waals surface area (Å²) in [6, 6.07) is 0. The molecule has 4 atom stereocenters. The molecule has 0 saturated carbocycles. The van der Waals surface area contributed by atoms with Crippen LogP contribution in [0, 0.1) is 5.92 Å². The lowest BCUT2D eigenvalue weighted by Crippen LogP contribution is -2.51. The minimum Gasteiger partial charge on any atom is -0.466 e. The molecule has 8 nitrogen and oxygen atoms in total. The lowest BCUT2D eigenvalue weighted by Gasteiger charge is -2.30. The molecule has 2 saturated heterocycles. The van der Waals surface area contributed by atoms with Gasteiger partial charge >= 0.3 is 11.9 Å². The molecule has 2 fully saturated rings. The molecule has 2 aliphatic heterocycles. The second-order valence-corrected chi connectivity index (χ2v) is 7.75. The molecule has 0 amide bonds. The Balaban J connectivity index is 2.16. The summed E-state index contributed by atoms with van der Waals surface area (Å²) in [5, 5.41) is -0.958. The van der Waals surface area contributed by atoms with Gasteiger partial charge in [-0.25, -0.2) is 0 Å². The molecule has 2 aliphatic rings. The van der Waals surface area contributed by atoms with Crippen molar-refractivity contribution < 1.29 is 36.4 Å². The van der Waals surface area contributed by atoms with Gasteiger partial charge in [0.25, 0.3) is 10.1 Å². The third-order valence-electron chi connectivity index (χ3n) is 4.16. The second kappa shape index (κ2) is 6.74. The number of carbonyl (C=O) groups is 2. The molecule has 132 valence electrons. The van der Waals surface area contributed by atoms with Gasteiger partial charge in [-0.1, -0.05) is 6.92 Å². The molecule has 4 unspecified atom stereocenters. The van der Waals surface area contributed by atoms with Crippen molar-refractivity contribution in [2.45, 2.75) is 50.6 Å². The van der Waals surface area contributed by atoms with Crippen LogP contribution >= 0.6 is 0 Å². The Kier molecular flexibility index (Phi) is 5.32. The van der Waals surface area contributed by atoms with Gasteiger partial charge in [-0.15, -0.1) is 0 Å². The zero-order valence-corrected chi connectivity index (χ0v) is 14.3. The lowest BCUT2D eigenvalue weighted by molar-refractivity contribution is -0.152. The third kappa shape index (κ3) is 3.67. The molecule has 0 N–H and O–H groups in total. The zero-order chi connectivity index (χ0) is 17.3. The van der Waals surface area contributed by atoms with E-state index in [9.17, 15) is 18.0 Å². The highest BCUT2D eigenvalue weighted by Gasteiger charge is 2.66. The maximum Gasteiger partial charge on any atom is 0.302 e. The van der Waals surface area contributed by atoms with Gasteiger partial charge in [0, 0.05) is 19.8 Å². The number of carbonyl (C=O) groups excluding carboxylic acids is 2. The minimum absolute atomic E-state index is 0.116. The van der Waals surface area contributed by atoms with Gasteiger partial charge in [-0.3, -0.25) is 13.8 Å². The van der Waals surface area contributed by atoms with E-state index >= 15 is 0 Å². The van der Waals surface area contributed by atoms with E-state index in [0.29, 0.717) is 13.0 Å². The van der Waals surface area contributed by atoms with Crippen LogP contribution in [0.4, 0.5) is 0 Å². The van der Waals surface area contributed by atoms with Crippen LogP contribution in [0.5, 0.6) is 0 Å². The Labute approximate surface area is 135 Å². The van der Waals surface area contributed by atoms with Crippen molar-refractivity contribution in [3.8, 4) is 0 Å². The minimum atomic E-state index is -3.84. The number of esters is 2. The molecule has 0 aromatic heterocycles. The van der Waals surface area contributed by atoms with Gasteiger partial charge in [-0.2, -0.15) is 8.42 Å². The summed E-state index contributed by atoms with van der Waals surface area (Å²) in [5.74, 6) is -1.06. The fourth-order valence-corrected chi connectivity index (χ4v) is 5.14. The molecule has 9 heteroatoms. The zero-order valence-electron chi connectivity index (χ0n) is 13.4. The van der Waals surface area contributed by atoms with E-state index in [2.05, 4.69) is 0 Å². The van der Waals surface area contributed by atoms with Gasteiger partial charge in [-0.05, 0) is 12.8 Å². The smallest absolute Gasteiger partial charge is 0.302 e. The van der Waals surface area contributed by atoms with Crippen LogP contribution in [0.25, 0.3) is 0 Å². The summed E-state index contributed by atoms with van der Waals surface area (Å²) in [4.78, 5) is 21.9. The standard InChI is InChI=1S/C14H22O8S/c1-9-7-21-14(8-20-11(3)16)12(5-4-6-19-10(2)15)23(17,18)22-13(9)14/h9,12-13H,4-8H2,1-3H3. The van der Waals surface area contributed by atoms with Gasteiger partial charge in [0.2, 0.25) is 0 Å². The Bertz CT molecular complexity index is 571. The van der Waals surface area contributed by atoms with E-state index in [4.69, 9.17) is 18.4 Å². The SMILES string of the molecule is CC(=O)OCCCC1C2(COC(C)=O)OCC(C)C2OS1(=O)=O. The molecule has 0 bridgehead atoms. The second-order valence-electron chi connectivity index (χ2n) is 6.00. The van der Waals surface area contributed by atoms with Gasteiger partial charge in [0.05, 0.1) is 13.2 Å². The number of ether oxygens (including phenoxy) is 3. The van der Waals surface area contributed by atoms with Crippen LogP contribution in [-0.4, -0.2) is 57.1 Å². The van der Waals surface area contributed by atoms with E-state index < -0.39 is 39.0 Å². The summed E-state index contributed by atoms with van der Waals surface area (Å²) in [6.45, 7) is 4.65. The maximum atomic E-state index is 12.3. The van der Waals surface area contributed by atoms with Crippen molar-refractivity contribution in [3.05, 3.63) is 0 Å². The Morgan fingerprint density at radius 1 is 1.22 bits per heavy atom. The summed E-state index contributed by atoms with van der Waals surface area (Å²) >= 11 is 0. The monoisotopic (exact) mass is 350 g/mol. The highest BCUT2D eigenvalue weighted by molar-refractivity contribution is 7.87. The lowest BCUT2D eigenvalue weighted by atomic mass is 9.87.